The Morgan fingerprint density at radius 1 is 1.21 bits per heavy atom. The van der Waals surface area contributed by atoms with Crippen molar-refractivity contribution in [1.82, 2.24) is 4.98 Å². The highest BCUT2D eigenvalue weighted by molar-refractivity contribution is 6.43. The molecule has 5 heteroatoms. The Labute approximate surface area is 110 Å². The van der Waals surface area contributed by atoms with E-state index in [4.69, 9.17) is 10.3 Å². The number of aromatic nitrogens is 1. The minimum Gasteiger partial charge on any atom is -0.439 e. The zero-order valence-corrected chi connectivity index (χ0v) is 10.3. The summed E-state index contributed by atoms with van der Waals surface area (Å²) in [7, 11) is 0. The van der Waals surface area contributed by atoms with Gasteiger partial charge in [-0.15, -0.1) is 0 Å². The molecule has 0 unspecified atom stereocenters. The van der Waals surface area contributed by atoms with Crippen LogP contribution in [0.25, 0.3) is 5.53 Å². The van der Waals surface area contributed by atoms with Crippen molar-refractivity contribution < 1.29 is 14.3 Å². The lowest BCUT2D eigenvalue weighted by Gasteiger charge is -2.04. The van der Waals surface area contributed by atoms with Gasteiger partial charge in [0.2, 0.25) is 5.88 Å². The van der Waals surface area contributed by atoms with Crippen molar-refractivity contribution in [3.63, 3.8) is 0 Å². The molecule has 19 heavy (non-hydrogen) atoms. The summed E-state index contributed by atoms with van der Waals surface area (Å²) < 4.78 is 5.50. The number of benzene rings is 1. The Balaban J connectivity index is 2.15. The van der Waals surface area contributed by atoms with E-state index in [2.05, 4.69) is 9.77 Å². The summed E-state index contributed by atoms with van der Waals surface area (Å²) in [5, 5.41) is 0. The van der Waals surface area contributed by atoms with Gasteiger partial charge in [0.15, 0.2) is 0 Å². The van der Waals surface area contributed by atoms with Gasteiger partial charge in [0.05, 0.1) is 0 Å². The quantitative estimate of drug-likeness (QED) is 0.364. The molecule has 0 fully saturated rings. The predicted molar refractivity (Wildman–Crippen MR) is 69.4 cm³/mol. The molecule has 2 rings (SSSR count). The highest BCUT2D eigenvalue weighted by atomic mass is 16.5. The van der Waals surface area contributed by atoms with E-state index in [9.17, 15) is 4.79 Å². The SMILES string of the molecule is CC(=[N+]=[N-])C(=O)c1ccc(Oc2ccccn2)cc1. The number of ether oxygens (including phenoxy) is 1. The molecule has 0 aliphatic carbocycles. The highest BCUT2D eigenvalue weighted by Crippen LogP contribution is 2.19. The van der Waals surface area contributed by atoms with E-state index in [1.165, 1.54) is 6.92 Å². The van der Waals surface area contributed by atoms with Crippen molar-refractivity contribution in [3.05, 3.63) is 59.8 Å². The van der Waals surface area contributed by atoms with E-state index < -0.39 is 0 Å². The molecule has 0 aliphatic heterocycles. The summed E-state index contributed by atoms with van der Waals surface area (Å²) in [5.74, 6) is 0.732. The van der Waals surface area contributed by atoms with E-state index in [0.717, 1.165) is 0 Å². The number of carbonyl (C=O) groups excluding carboxylic acids is 1. The third kappa shape index (κ3) is 3.12. The molecular formula is C14H11N3O2. The standard InChI is InChI=1S/C14H11N3O2/c1-10(17-15)14(18)11-5-7-12(8-6-11)19-13-4-2-3-9-16-13/h2-9H,1H3. The normalized spacial score (nSPS) is 9.53. The molecule has 1 aromatic carbocycles. The first kappa shape index (κ1) is 12.7. The minimum atomic E-state index is -0.327. The van der Waals surface area contributed by atoms with Crippen molar-refractivity contribution >= 4 is 11.5 Å². The molecular weight excluding hydrogens is 242 g/mol. The summed E-state index contributed by atoms with van der Waals surface area (Å²) in [4.78, 5) is 18.6. The number of ketones is 1. The van der Waals surface area contributed by atoms with Crippen molar-refractivity contribution in [2.45, 2.75) is 6.92 Å². The molecule has 0 radical (unpaired) electrons. The second-order valence-electron chi connectivity index (χ2n) is 3.81. The van der Waals surface area contributed by atoms with Crippen LogP contribution in [0.2, 0.25) is 0 Å². The van der Waals surface area contributed by atoms with Gasteiger partial charge in [-0.1, -0.05) is 6.07 Å². The first-order valence-electron chi connectivity index (χ1n) is 5.63. The number of carbonyl (C=O) groups is 1. The largest absolute Gasteiger partial charge is 0.439 e. The predicted octanol–water partition coefficient (Wildman–Crippen LogP) is 2.75. The number of Topliss-reactive ketones (excluding diaryl/α,β-unsaturated/α-hetero) is 1. The number of hydrogen-bond donors (Lipinski definition) is 0. The van der Waals surface area contributed by atoms with E-state index in [-0.39, 0.29) is 11.5 Å². The smallest absolute Gasteiger partial charge is 0.336 e. The molecule has 0 spiro atoms. The maximum Gasteiger partial charge on any atom is 0.336 e. The summed E-state index contributed by atoms with van der Waals surface area (Å²) >= 11 is 0. The molecule has 0 N–H and O–H groups in total. The Bertz CT molecular complexity index is 630. The highest BCUT2D eigenvalue weighted by Gasteiger charge is 2.15. The summed E-state index contributed by atoms with van der Waals surface area (Å²) in [6, 6.07) is 11.9. The van der Waals surface area contributed by atoms with Crippen LogP contribution in [0.4, 0.5) is 0 Å². The van der Waals surface area contributed by atoms with Crippen molar-refractivity contribution in [3.8, 4) is 11.6 Å². The van der Waals surface area contributed by atoms with E-state index in [1.54, 1.807) is 42.6 Å². The second-order valence-corrected chi connectivity index (χ2v) is 3.81. The molecule has 0 atom stereocenters. The monoisotopic (exact) mass is 253 g/mol. The van der Waals surface area contributed by atoms with E-state index in [0.29, 0.717) is 17.2 Å². The average molecular weight is 253 g/mol. The van der Waals surface area contributed by atoms with Gasteiger partial charge in [-0.05, 0) is 30.3 Å². The Kier molecular flexibility index (Phi) is 3.81. The summed E-state index contributed by atoms with van der Waals surface area (Å²) in [5.41, 5.74) is 9.02. The first-order chi connectivity index (χ1) is 9.20. The van der Waals surface area contributed by atoms with Crippen molar-refractivity contribution in [2.24, 2.45) is 0 Å². The first-order valence-corrected chi connectivity index (χ1v) is 5.63. The number of rotatable bonds is 4. The van der Waals surface area contributed by atoms with Gasteiger partial charge in [0, 0.05) is 24.8 Å². The maximum atomic E-state index is 11.7. The van der Waals surface area contributed by atoms with Crippen LogP contribution >= 0.6 is 0 Å². The van der Waals surface area contributed by atoms with Crippen molar-refractivity contribution in [2.75, 3.05) is 0 Å². The fourth-order valence-corrected chi connectivity index (χ4v) is 1.46. The molecule has 2 aromatic rings. The number of hydrogen-bond acceptors (Lipinski definition) is 3. The lowest BCUT2D eigenvalue weighted by Crippen LogP contribution is -2.11. The van der Waals surface area contributed by atoms with Crippen LogP contribution in [-0.2, 0) is 0 Å². The van der Waals surface area contributed by atoms with Crippen LogP contribution in [0.5, 0.6) is 11.6 Å². The maximum absolute atomic E-state index is 11.7. The molecule has 0 saturated heterocycles. The zero-order valence-electron chi connectivity index (χ0n) is 10.3. The zero-order chi connectivity index (χ0) is 13.7. The number of nitrogens with zero attached hydrogens (tertiary/aromatic N) is 3. The van der Waals surface area contributed by atoms with Crippen LogP contribution in [0.3, 0.4) is 0 Å². The van der Waals surface area contributed by atoms with Crippen molar-refractivity contribution in [1.29, 1.82) is 0 Å². The van der Waals surface area contributed by atoms with Gasteiger partial charge in [0.25, 0.3) is 5.78 Å². The topological polar surface area (TPSA) is 75.6 Å². The van der Waals surface area contributed by atoms with E-state index >= 15 is 0 Å². The Morgan fingerprint density at radius 3 is 2.53 bits per heavy atom. The van der Waals surface area contributed by atoms with Gasteiger partial charge in [-0.3, -0.25) is 4.79 Å². The summed E-state index contributed by atoms with van der Waals surface area (Å²) in [6.45, 7) is 1.45. The van der Waals surface area contributed by atoms with Crippen LogP contribution in [0, 0.1) is 0 Å². The molecule has 94 valence electrons. The molecule has 1 aromatic heterocycles. The molecule has 0 saturated carbocycles. The molecule has 0 bridgehead atoms. The van der Waals surface area contributed by atoms with Crippen LogP contribution < -0.4 is 4.74 Å². The molecule has 1 heterocycles. The third-order valence-corrected chi connectivity index (χ3v) is 2.46. The lowest BCUT2D eigenvalue weighted by atomic mass is 10.1. The molecule has 5 nitrogen and oxygen atoms in total. The van der Waals surface area contributed by atoms with Crippen LogP contribution in [0.15, 0.2) is 48.7 Å². The van der Waals surface area contributed by atoms with Gasteiger partial charge in [0.1, 0.15) is 5.75 Å². The molecule has 0 amide bonds. The van der Waals surface area contributed by atoms with Gasteiger partial charge < -0.3 is 10.3 Å². The Morgan fingerprint density at radius 2 is 1.95 bits per heavy atom. The van der Waals surface area contributed by atoms with E-state index in [1.807, 2.05) is 6.07 Å². The molecule has 0 aliphatic rings. The lowest BCUT2D eigenvalue weighted by molar-refractivity contribution is -0.00678. The van der Waals surface area contributed by atoms with Crippen LogP contribution in [0.1, 0.15) is 17.3 Å². The fourth-order valence-electron chi connectivity index (χ4n) is 1.46. The van der Waals surface area contributed by atoms with Gasteiger partial charge in [-0.25, -0.2) is 4.98 Å². The summed E-state index contributed by atoms with van der Waals surface area (Å²) in [6.07, 6.45) is 1.63. The average Bonchev–Trinajstić information content (AvgIpc) is 2.47. The van der Waals surface area contributed by atoms with Gasteiger partial charge >= 0.3 is 5.71 Å². The number of pyridine rings is 1. The fraction of sp³-hybridized carbons (Fsp3) is 0.0714. The van der Waals surface area contributed by atoms with Crippen LogP contribution in [-0.4, -0.2) is 21.3 Å². The second kappa shape index (κ2) is 5.71. The Hall–Kier alpha value is -2.78. The third-order valence-electron chi connectivity index (χ3n) is 2.46. The minimum absolute atomic E-state index is 0.0402. The van der Waals surface area contributed by atoms with Gasteiger partial charge in [-0.2, -0.15) is 4.79 Å².